The molecule has 31 heavy (non-hydrogen) atoms. The molecule has 0 spiro atoms. The third-order valence-electron chi connectivity index (χ3n) is 4.93. The predicted molar refractivity (Wildman–Crippen MR) is 122 cm³/mol. The Morgan fingerprint density at radius 2 is 1.45 bits per heavy atom. The fourth-order valence-corrected chi connectivity index (χ4v) is 4.65. The maximum Gasteiger partial charge on any atom is 0.238 e. The minimum Gasteiger partial charge on any atom is -0.493 e. The fourth-order valence-electron chi connectivity index (χ4n) is 3.49. The molecule has 1 atom stereocenters. The summed E-state index contributed by atoms with van der Waals surface area (Å²) < 4.78 is 22.3. The lowest BCUT2D eigenvalue weighted by molar-refractivity contribution is -0.115. The van der Waals surface area contributed by atoms with Crippen molar-refractivity contribution < 1.29 is 23.7 Å². The Hall–Kier alpha value is -3.32. The number of methoxy groups -OCH3 is 3. The number of nitrogens with zero attached hydrogens (tertiary/aromatic N) is 1. The van der Waals surface area contributed by atoms with Crippen LogP contribution in [0.4, 0.5) is 5.69 Å². The molecule has 0 bridgehead atoms. The Morgan fingerprint density at radius 3 is 2.03 bits per heavy atom. The van der Waals surface area contributed by atoms with Gasteiger partial charge in [-0.2, -0.15) is 0 Å². The molecule has 3 aromatic carbocycles. The van der Waals surface area contributed by atoms with Crippen molar-refractivity contribution >= 4 is 23.4 Å². The molecule has 0 aromatic heterocycles. The number of carbonyl (C=O) groups excluding carboxylic acids is 1. The van der Waals surface area contributed by atoms with Crippen LogP contribution in [0, 0.1) is 0 Å². The van der Waals surface area contributed by atoms with Gasteiger partial charge in [0.2, 0.25) is 11.7 Å². The summed E-state index contributed by atoms with van der Waals surface area (Å²) in [5.41, 5.74) is 1.70. The molecule has 1 aliphatic heterocycles. The van der Waals surface area contributed by atoms with Crippen LogP contribution >= 0.6 is 11.8 Å². The highest BCUT2D eigenvalue weighted by atomic mass is 32.2. The first-order valence-electron chi connectivity index (χ1n) is 9.71. The van der Waals surface area contributed by atoms with Gasteiger partial charge in [-0.3, -0.25) is 9.69 Å². The topological polar surface area (TPSA) is 57.2 Å². The largest absolute Gasteiger partial charge is 0.493 e. The molecule has 0 aliphatic carbocycles. The van der Waals surface area contributed by atoms with Crippen LogP contribution in [0.2, 0.25) is 0 Å². The van der Waals surface area contributed by atoms with Crippen molar-refractivity contribution in [3.8, 4) is 28.7 Å². The highest BCUT2D eigenvalue weighted by Gasteiger charge is 2.35. The lowest BCUT2D eigenvalue weighted by Gasteiger charge is -2.25. The highest BCUT2D eigenvalue weighted by molar-refractivity contribution is 8.00. The van der Waals surface area contributed by atoms with Crippen molar-refractivity contribution in [3.05, 3.63) is 72.3 Å². The number of hydrogen-bond acceptors (Lipinski definition) is 6. The number of benzene rings is 3. The van der Waals surface area contributed by atoms with Gasteiger partial charge in [-0.1, -0.05) is 18.2 Å². The fraction of sp³-hybridized carbons (Fsp3) is 0.208. The van der Waals surface area contributed by atoms with Gasteiger partial charge in [0.15, 0.2) is 11.5 Å². The zero-order valence-electron chi connectivity index (χ0n) is 17.5. The number of carbonyl (C=O) groups is 1. The van der Waals surface area contributed by atoms with Crippen LogP contribution in [-0.4, -0.2) is 33.0 Å². The molecule has 1 aliphatic rings. The standard InChI is InChI=1S/C24H23NO5S/c1-27-20-13-16(14-21(28-2)23(20)29-3)24-25(22(26)15-31-24)17-9-11-19(12-10-17)30-18-7-5-4-6-8-18/h4-14,24H,15H2,1-3H3. The van der Waals surface area contributed by atoms with Gasteiger partial charge < -0.3 is 18.9 Å². The summed E-state index contributed by atoms with van der Waals surface area (Å²) >= 11 is 1.56. The van der Waals surface area contributed by atoms with Crippen LogP contribution in [0.3, 0.4) is 0 Å². The number of rotatable bonds is 7. The van der Waals surface area contributed by atoms with Gasteiger partial charge >= 0.3 is 0 Å². The Morgan fingerprint density at radius 1 is 0.839 bits per heavy atom. The van der Waals surface area contributed by atoms with Crippen LogP contribution in [0.1, 0.15) is 10.9 Å². The Bertz CT molecular complexity index is 1030. The molecule has 160 valence electrons. The van der Waals surface area contributed by atoms with Crippen LogP contribution in [0.5, 0.6) is 28.7 Å². The molecule has 1 fully saturated rings. The molecule has 4 rings (SSSR count). The van der Waals surface area contributed by atoms with Gasteiger partial charge in [0, 0.05) is 5.69 Å². The number of amides is 1. The van der Waals surface area contributed by atoms with Crippen LogP contribution in [-0.2, 0) is 4.79 Å². The molecular formula is C24H23NO5S. The Balaban J connectivity index is 1.63. The second-order valence-electron chi connectivity index (χ2n) is 6.79. The maximum absolute atomic E-state index is 12.8. The summed E-state index contributed by atoms with van der Waals surface area (Å²) in [5.74, 6) is 3.55. The third-order valence-corrected chi connectivity index (χ3v) is 6.15. The van der Waals surface area contributed by atoms with Crippen molar-refractivity contribution in [2.24, 2.45) is 0 Å². The van der Waals surface area contributed by atoms with E-state index in [2.05, 4.69) is 0 Å². The van der Waals surface area contributed by atoms with Crippen LogP contribution < -0.4 is 23.8 Å². The lowest BCUT2D eigenvalue weighted by Crippen LogP contribution is -2.27. The second kappa shape index (κ2) is 9.22. The molecule has 1 amide bonds. The van der Waals surface area contributed by atoms with E-state index >= 15 is 0 Å². The van der Waals surface area contributed by atoms with Crippen molar-refractivity contribution in [1.29, 1.82) is 0 Å². The zero-order valence-corrected chi connectivity index (χ0v) is 18.3. The summed E-state index contributed by atoms with van der Waals surface area (Å²) in [6.07, 6.45) is 0. The monoisotopic (exact) mass is 437 g/mol. The van der Waals surface area contributed by atoms with E-state index in [0.29, 0.717) is 28.8 Å². The van der Waals surface area contributed by atoms with E-state index in [4.69, 9.17) is 18.9 Å². The van der Waals surface area contributed by atoms with E-state index in [9.17, 15) is 4.79 Å². The summed E-state index contributed by atoms with van der Waals surface area (Å²) in [6, 6.07) is 20.9. The van der Waals surface area contributed by atoms with E-state index < -0.39 is 0 Å². The molecule has 1 unspecified atom stereocenters. The Kier molecular flexibility index (Phi) is 6.23. The number of ether oxygens (including phenoxy) is 4. The summed E-state index contributed by atoms with van der Waals surface area (Å²) in [4.78, 5) is 14.5. The number of thioether (sulfide) groups is 1. The summed E-state index contributed by atoms with van der Waals surface area (Å²) in [6.45, 7) is 0. The third kappa shape index (κ3) is 4.27. The van der Waals surface area contributed by atoms with Gasteiger partial charge in [-0.15, -0.1) is 11.8 Å². The van der Waals surface area contributed by atoms with Crippen molar-refractivity contribution in [2.45, 2.75) is 5.37 Å². The van der Waals surface area contributed by atoms with Crippen molar-refractivity contribution in [2.75, 3.05) is 32.0 Å². The van der Waals surface area contributed by atoms with Gasteiger partial charge in [0.1, 0.15) is 16.9 Å². The molecule has 6 nitrogen and oxygen atoms in total. The number of para-hydroxylation sites is 1. The van der Waals surface area contributed by atoms with E-state index in [1.54, 1.807) is 38.0 Å². The molecule has 1 saturated heterocycles. The van der Waals surface area contributed by atoms with Gasteiger partial charge in [-0.25, -0.2) is 0 Å². The van der Waals surface area contributed by atoms with E-state index in [0.717, 1.165) is 17.0 Å². The first kappa shape index (κ1) is 20.9. The summed E-state index contributed by atoms with van der Waals surface area (Å²) in [5, 5.41) is -0.206. The normalized spacial score (nSPS) is 15.6. The van der Waals surface area contributed by atoms with E-state index in [1.807, 2.05) is 66.7 Å². The van der Waals surface area contributed by atoms with E-state index in [1.165, 1.54) is 0 Å². The minimum atomic E-state index is -0.206. The molecule has 0 saturated carbocycles. The second-order valence-corrected chi connectivity index (χ2v) is 7.86. The zero-order chi connectivity index (χ0) is 21.8. The smallest absolute Gasteiger partial charge is 0.238 e. The molecule has 3 aromatic rings. The van der Waals surface area contributed by atoms with Gasteiger partial charge in [0.25, 0.3) is 0 Å². The average molecular weight is 438 g/mol. The summed E-state index contributed by atoms with van der Waals surface area (Å²) in [7, 11) is 4.73. The number of anilines is 1. The minimum absolute atomic E-state index is 0.0421. The highest BCUT2D eigenvalue weighted by Crippen LogP contribution is 2.47. The average Bonchev–Trinajstić information content (AvgIpc) is 3.20. The van der Waals surface area contributed by atoms with Crippen molar-refractivity contribution in [3.63, 3.8) is 0 Å². The van der Waals surface area contributed by atoms with Crippen molar-refractivity contribution in [1.82, 2.24) is 0 Å². The van der Waals surface area contributed by atoms with Crippen LogP contribution in [0.25, 0.3) is 0 Å². The first-order valence-corrected chi connectivity index (χ1v) is 10.8. The van der Waals surface area contributed by atoms with Gasteiger partial charge in [-0.05, 0) is 54.1 Å². The molecule has 1 heterocycles. The molecule has 7 heteroatoms. The quantitative estimate of drug-likeness (QED) is 0.501. The van der Waals surface area contributed by atoms with Gasteiger partial charge in [0.05, 0.1) is 27.1 Å². The molecule has 0 N–H and O–H groups in total. The van der Waals surface area contributed by atoms with E-state index in [-0.39, 0.29) is 11.3 Å². The predicted octanol–water partition coefficient (Wildman–Crippen LogP) is 5.28. The first-order chi connectivity index (χ1) is 15.1. The SMILES string of the molecule is COc1cc(C2SCC(=O)N2c2ccc(Oc3ccccc3)cc2)cc(OC)c1OC. The number of hydrogen-bond donors (Lipinski definition) is 0. The Labute approximate surface area is 185 Å². The molecule has 0 radical (unpaired) electrons. The molecular weight excluding hydrogens is 414 g/mol. The van der Waals surface area contributed by atoms with Crippen LogP contribution in [0.15, 0.2) is 66.7 Å². The maximum atomic E-state index is 12.8. The lowest BCUT2D eigenvalue weighted by atomic mass is 10.1.